The Balaban J connectivity index is 2.88. The van der Waals surface area contributed by atoms with Gasteiger partial charge in [-0.3, -0.25) is 0 Å². The fraction of sp³-hybridized carbons (Fsp3) is 0.364. The number of rotatable bonds is 4. The van der Waals surface area contributed by atoms with E-state index in [-0.39, 0.29) is 6.61 Å². The topological polar surface area (TPSA) is 46.5 Å². The first-order valence-corrected chi connectivity index (χ1v) is 4.91. The molecule has 1 aromatic carbocycles. The summed E-state index contributed by atoms with van der Waals surface area (Å²) < 4.78 is 43.5. The SMILES string of the molecule is CCOC(=O)C(F)C(O)c1ccc(F)cc1F. The van der Waals surface area contributed by atoms with Crippen molar-refractivity contribution >= 4 is 5.97 Å². The quantitative estimate of drug-likeness (QED) is 0.828. The maximum atomic E-state index is 13.4. The Kier molecular flexibility index (Phi) is 4.51. The van der Waals surface area contributed by atoms with Gasteiger partial charge in [0.15, 0.2) is 0 Å². The average molecular weight is 248 g/mol. The largest absolute Gasteiger partial charge is 0.464 e. The number of benzene rings is 1. The van der Waals surface area contributed by atoms with Gasteiger partial charge >= 0.3 is 5.97 Å². The van der Waals surface area contributed by atoms with Gasteiger partial charge in [0.25, 0.3) is 0 Å². The van der Waals surface area contributed by atoms with Gasteiger partial charge in [0.05, 0.1) is 6.61 Å². The van der Waals surface area contributed by atoms with Gasteiger partial charge in [-0.25, -0.2) is 18.0 Å². The number of alkyl halides is 1. The standard InChI is InChI=1S/C11H11F3O3/c1-2-17-11(16)9(14)10(15)7-4-3-6(12)5-8(7)13/h3-5,9-10,15H,2H2,1H3. The maximum absolute atomic E-state index is 13.4. The van der Waals surface area contributed by atoms with Crippen molar-refractivity contribution in [3.05, 3.63) is 35.4 Å². The number of aliphatic hydroxyl groups excluding tert-OH is 1. The van der Waals surface area contributed by atoms with Crippen LogP contribution in [0.3, 0.4) is 0 Å². The molecule has 0 aliphatic rings. The number of ether oxygens (including phenoxy) is 1. The molecule has 0 saturated heterocycles. The van der Waals surface area contributed by atoms with Crippen LogP contribution in [0.15, 0.2) is 18.2 Å². The lowest BCUT2D eigenvalue weighted by Gasteiger charge is -2.15. The Morgan fingerprint density at radius 2 is 2.12 bits per heavy atom. The van der Waals surface area contributed by atoms with Crippen molar-refractivity contribution in [3.63, 3.8) is 0 Å². The fourth-order valence-electron chi connectivity index (χ4n) is 1.25. The summed E-state index contributed by atoms with van der Waals surface area (Å²) in [5.74, 6) is -3.27. The van der Waals surface area contributed by atoms with Crippen molar-refractivity contribution in [2.75, 3.05) is 6.61 Å². The van der Waals surface area contributed by atoms with Crippen molar-refractivity contribution in [1.29, 1.82) is 0 Å². The third-order valence-corrected chi connectivity index (χ3v) is 2.07. The van der Waals surface area contributed by atoms with Gasteiger partial charge in [-0.1, -0.05) is 6.07 Å². The smallest absolute Gasteiger partial charge is 0.343 e. The molecule has 3 nitrogen and oxygen atoms in total. The van der Waals surface area contributed by atoms with Crippen LogP contribution in [-0.2, 0) is 9.53 Å². The molecule has 0 fully saturated rings. The molecule has 0 heterocycles. The predicted molar refractivity (Wildman–Crippen MR) is 52.8 cm³/mol. The van der Waals surface area contributed by atoms with E-state index < -0.39 is 35.4 Å². The normalized spacial score (nSPS) is 14.2. The first-order valence-electron chi connectivity index (χ1n) is 4.91. The van der Waals surface area contributed by atoms with Crippen molar-refractivity contribution in [3.8, 4) is 0 Å². The molecule has 0 aliphatic heterocycles. The summed E-state index contributed by atoms with van der Waals surface area (Å²) in [5, 5.41) is 9.42. The van der Waals surface area contributed by atoms with Crippen LogP contribution in [0.25, 0.3) is 0 Å². The molecule has 0 spiro atoms. The molecule has 0 aliphatic carbocycles. The minimum absolute atomic E-state index is 0.0577. The van der Waals surface area contributed by atoms with Gasteiger partial charge in [-0.2, -0.15) is 0 Å². The minimum Gasteiger partial charge on any atom is -0.464 e. The van der Waals surface area contributed by atoms with Gasteiger partial charge < -0.3 is 9.84 Å². The van der Waals surface area contributed by atoms with Gasteiger partial charge in [-0.05, 0) is 13.0 Å². The Labute approximate surface area is 95.8 Å². The minimum atomic E-state index is -2.41. The molecule has 2 unspecified atom stereocenters. The molecule has 0 amide bonds. The molecule has 6 heteroatoms. The molecule has 17 heavy (non-hydrogen) atoms. The van der Waals surface area contributed by atoms with Crippen LogP contribution in [0.2, 0.25) is 0 Å². The molecule has 0 bridgehead atoms. The van der Waals surface area contributed by atoms with Crippen LogP contribution in [0.4, 0.5) is 13.2 Å². The van der Waals surface area contributed by atoms with Crippen LogP contribution in [-0.4, -0.2) is 23.9 Å². The molecule has 0 radical (unpaired) electrons. The number of hydrogen-bond acceptors (Lipinski definition) is 3. The highest BCUT2D eigenvalue weighted by Gasteiger charge is 2.30. The van der Waals surface area contributed by atoms with Crippen molar-refractivity contribution < 1.29 is 27.8 Å². The summed E-state index contributed by atoms with van der Waals surface area (Å²) in [4.78, 5) is 11.0. The number of esters is 1. The van der Waals surface area contributed by atoms with Gasteiger partial charge in [0.2, 0.25) is 6.17 Å². The first kappa shape index (κ1) is 13.5. The zero-order valence-electron chi connectivity index (χ0n) is 8.99. The second kappa shape index (κ2) is 5.67. The Bertz CT molecular complexity index is 409. The van der Waals surface area contributed by atoms with Gasteiger partial charge in [0, 0.05) is 11.6 Å². The predicted octanol–water partition coefficient (Wildman–Crippen LogP) is 1.90. The highest BCUT2D eigenvalue weighted by Crippen LogP contribution is 2.23. The van der Waals surface area contributed by atoms with E-state index in [4.69, 9.17) is 0 Å². The molecule has 0 aromatic heterocycles. The highest BCUT2D eigenvalue weighted by atomic mass is 19.1. The lowest BCUT2D eigenvalue weighted by Crippen LogP contribution is -2.26. The van der Waals surface area contributed by atoms with E-state index in [1.807, 2.05) is 0 Å². The Morgan fingerprint density at radius 3 is 2.65 bits per heavy atom. The van der Waals surface area contributed by atoms with Gasteiger partial charge in [-0.15, -0.1) is 0 Å². The summed E-state index contributed by atoms with van der Waals surface area (Å²) in [6.45, 7) is 1.41. The third-order valence-electron chi connectivity index (χ3n) is 2.07. The molecule has 1 aromatic rings. The molecular formula is C11H11F3O3. The molecule has 1 rings (SSSR count). The number of halogens is 3. The summed E-state index contributed by atoms with van der Waals surface area (Å²) in [6.07, 6.45) is -4.43. The summed E-state index contributed by atoms with van der Waals surface area (Å²) >= 11 is 0. The lowest BCUT2D eigenvalue weighted by molar-refractivity contribution is -0.153. The zero-order valence-corrected chi connectivity index (χ0v) is 8.99. The molecule has 94 valence electrons. The second-order valence-corrected chi connectivity index (χ2v) is 3.26. The zero-order chi connectivity index (χ0) is 13.0. The van der Waals surface area contributed by atoms with Crippen LogP contribution in [0.5, 0.6) is 0 Å². The fourth-order valence-corrected chi connectivity index (χ4v) is 1.25. The van der Waals surface area contributed by atoms with Gasteiger partial charge in [0.1, 0.15) is 17.7 Å². The summed E-state index contributed by atoms with van der Waals surface area (Å²) in [5.41, 5.74) is -0.494. The van der Waals surface area contributed by atoms with E-state index in [1.165, 1.54) is 6.92 Å². The molecule has 2 atom stereocenters. The maximum Gasteiger partial charge on any atom is 0.343 e. The third kappa shape index (κ3) is 3.20. The highest BCUT2D eigenvalue weighted by molar-refractivity contribution is 5.75. The Morgan fingerprint density at radius 1 is 1.47 bits per heavy atom. The van der Waals surface area contributed by atoms with Crippen LogP contribution in [0, 0.1) is 11.6 Å². The van der Waals surface area contributed by atoms with E-state index in [2.05, 4.69) is 4.74 Å². The summed E-state index contributed by atoms with van der Waals surface area (Å²) in [6, 6.07) is 2.23. The van der Waals surface area contributed by atoms with Crippen molar-refractivity contribution in [2.45, 2.75) is 19.2 Å². The monoisotopic (exact) mass is 248 g/mol. The average Bonchev–Trinajstić information content (AvgIpc) is 2.27. The first-order chi connectivity index (χ1) is 7.97. The Hall–Kier alpha value is -1.56. The van der Waals surface area contributed by atoms with Crippen molar-refractivity contribution in [1.82, 2.24) is 0 Å². The van der Waals surface area contributed by atoms with E-state index in [9.17, 15) is 23.1 Å². The summed E-state index contributed by atoms with van der Waals surface area (Å²) in [7, 11) is 0. The van der Waals surface area contributed by atoms with E-state index in [0.29, 0.717) is 6.07 Å². The second-order valence-electron chi connectivity index (χ2n) is 3.26. The number of carbonyl (C=O) groups is 1. The number of aliphatic hydroxyl groups is 1. The van der Waals surface area contributed by atoms with E-state index in [1.54, 1.807) is 0 Å². The van der Waals surface area contributed by atoms with Crippen molar-refractivity contribution in [2.24, 2.45) is 0 Å². The van der Waals surface area contributed by atoms with E-state index in [0.717, 1.165) is 12.1 Å². The van der Waals surface area contributed by atoms with Crippen LogP contribution >= 0.6 is 0 Å². The van der Waals surface area contributed by atoms with Crippen LogP contribution in [0.1, 0.15) is 18.6 Å². The number of hydrogen-bond donors (Lipinski definition) is 1. The molecular weight excluding hydrogens is 237 g/mol. The molecule has 1 N–H and O–H groups in total. The lowest BCUT2D eigenvalue weighted by atomic mass is 10.0. The van der Waals surface area contributed by atoms with E-state index >= 15 is 0 Å². The number of carbonyl (C=O) groups excluding carboxylic acids is 1. The van der Waals surface area contributed by atoms with Crippen LogP contribution < -0.4 is 0 Å². The molecule has 0 saturated carbocycles.